The number of aliphatic hydroxyl groups is 1. The normalized spacial score (nSPS) is 13.4. The number of rotatable bonds is 7. The molecule has 21 heavy (non-hydrogen) atoms. The maximum absolute atomic E-state index is 12.4. The SMILES string of the molecule is COCC(O)CN(C)S(=O)(=O)c1ccc(C(N)=S)c(Cl)c1. The Balaban J connectivity index is 3.02. The van der Waals surface area contributed by atoms with Gasteiger partial charge in [-0.05, 0) is 18.2 Å². The Kier molecular flexibility index (Phi) is 6.51. The van der Waals surface area contributed by atoms with Gasteiger partial charge in [-0.25, -0.2) is 8.42 Å². The van der Waals surface area contributed by atoms with Crippen LogP contribution < -0.4 is 5.73 Å². The topological polar surface area (TPSA) is 92.9 Å². The summed E-state index contributed by atoms with van der Waals surface area (Å²) in [6.45, 7) is -0.0498. The predicted octanol–water partition coefficient (Wildman–Crippen LogP) is 0.602. The maximum atomic E-state index is 12.4. The summed E-state index contributed by atoms with van der Waals surface area (Å²) in [5, 5.41) is 9.77. The summed E-state index contributed by atoms with van der Waals surface area (Å²) in [6, 6.07) is 4.11. The number of aliphatic hydroxyl groups excluding tert-OH is 1. The van der Waals surface area contributed by atoms with Crippen molar-refractivity contribution in [1.82, 2.24) is 4.31 Å². The van der Waals surface area contributed by atoms with Crippen LogP contribution in [0, 0.1) is 0 Å². The molecule has 1 atom stereocenters. The predicted molar refractivity (Wildman–Crippen MR) is 85.0 cm³/mol. The lowest BCUT2D eigenvalue weighted by Crippen LogP contribution is -2.36. The average Bonchev–Trinajstić information content (AvgIpc) is 2.38. The van der Waals surface area contributed by atoms with E-state index >= 15 is 0 Å². The van der Waals surface area contributed by atoms with E-state index in [-0.39, 0.29) is 28.1 Å². The van der Waals surface area contributed by atoms with Crippen LogP contribution in [0.3, 0.4) is 0 Å². The van der Waals surface area contributed by atoms with Crippen molar-refractivity contribution in [1.29, 1.82) is 0 Å². The first-order chi connectivity index (χ1) is 9.70. The molecule has 0 aromatic heterocycles. The number of sulfonamides is 1. The van der Waals surface area contributed by atoms with Crippen LogP contribution in [0.2, 0.25) is 5.02 Å². The molecule has 0 radical (unpaired) electrons. The highest BCUT2D eigenvalue weighted by Gasteiger charge is 2.24. The fourth-order valence-electron chi connectivity index (χ4n) is 1.68. The summed E-state index contributed by atoms with van der Waals surface area (Å²) in [5.41, 5.74) is 5.88. The summed E-state index contributed by atoms with van der Waals surface area (Å²) >= 11 is 10.8. The van der Waals surface area contributed by atoms with Crippen LogP contribution in [0.5, 0.6) is 0 Å². The maximum Gasteiger partial charge on any atom is 0.242 e. The van der Waals surface area contributed by atoms with E-state index in [9.17, 15) is 13.5 Å². The number of halogens is 1. The quantitative estimate of drug-likeness (QED) is 0.698. The highest BCUT2D eigenvalue weighted by molar-refractivity contribution is 7.89. The van der Waals surface area contributed by atoms with Gasteiger partial charge < -0.3 is 15.6 Å². The second kappa shape index (κ2) is 7.48. The van der Waals surface area contributed by atoms with Crippen LogP contribution in [-0.2, 0) is 14.8 Å². The summed E-state index contributed by atoms with van der Waals surface area (Å²) < 4.78 is 30.5. The number of hydrogen-bond donors (Lipinski definition) is 2. The van der Waals surface area contributed by atoms with Gasteiger partial charge in [-0.1, -0.05) is 23.8 Å². The summed E-state index contributed by atoms with van der Waals surface area (Å²) in [6.07, 6.45) is -0.916. The van der Waals surface area contributed by atoms with Gasteiger partial charge >= 0.3 is 0 Å². The minimum atomic E-state index is -3.77. The molecule has 0 fully saturated rings. The molecule has 9 heteroatoms. The fraction of sp³-hybridized carbons (Fsp3) is 0.417. The van der Waals surface area contributed by atoms with Gasteiger partial charge in [0.05, 0.1) is 22.6 Å². The Hall–Kier alpha value is -0.770. The molecule has 0 aliphatic rings. The minimum Gasteiger partial charge on any atom is -0.389 e. The van der Waals surface area contributed by atoms with Crippen LogP contribution in [-0.4, -0.2) is 56.2 Å². The Morgan fingerprint density at radius 1 is 1.57 bits per heavy atom. The van der Waals surface area contributed by atoms with E-state index in [1.54, 1.807) is 0 Å². The molecule has 1 unspecified atom stereocenters. The number of thiocarbonyl (C=S) groups is 1. The number of methoxy groups -OCH3 is 1. The lowest BCUT2D eigenvalue weighted by atomic mass is 10.2. The Labute approximate surface area is 134 Å². The van der Waals surface area contributed by atoms with Crippen LogP contribution in [0.4, 0.5) is 0 Å². The first-order valence-corrected chi connectivity index (χ1v) is 8.15. The number of ether oxygens (including phenoxy) is 1. The molecule has 0 bridgehead atoms. The van der Waals surface area contributed by atoms with E-state index in [0.29, 0.717) is 5.56 Å². The van der Waals surface area contributed by atoms with E-state index in [4.69, 9.17) is 34.3 Å². The van der Waals surface area contributed by atoms with Gasteiger partial charge in [-0.2, -0.15) is 4.31 Å². The zero-order valence-corrected chi connectivity index (χ0v) is 14.0. The van der Waals surface area contributed by atoms with Gasteiger partial charge in [0.15, 0.2) is 0 Å². The summed E-state index contributed by atoms with van der Waals surface area (Å²) in [4.78, 5) is 0.0902. The first-order valence-electron chi connectivity index (χ1n) is 5.92. The number of nitrogens with zero attached hydrogens (tertiary/aromatic N) is 1. The second-order valence-electron chi connectivity index (χ2n) is 4.40. The van der Waals surface area contributed by atoms with Crippen molar-refractivity contribution in [2.45, 2.75) is 11.0 Å². The second-order valence-corrected chi connectivity index (χ2v) is 7.29. The Morgan fingerprint density at radius 2 is 2.19 bits per heavy atom. The molecule has 0 aliphatic heterocycles. The third kappa shape index (κ3) is 4.60. The van der Waals surface area contributed by atoms with Gasteiger partial charge in [0.1, 0.15) is 4.99 Å². The van der Waals surface area contributed by atoms with Gasteiger partial charge in [-0.3, -0.25) is 0 Å². The largest absolute Gasteiger partial charge is 0.389 e. The zero-order valence-electron chi connectivity index (χ0n) is 11.6. The molecule has 0 saturated carbocycles. The van der Waals surface area contributed by atoms with Crippen molar-refractivity contribution in [3.63, 3.8) is 0 Å². The molecule has 118 valence electrons. The molecular formula is C12H17ClN2O4S2. The fourth-order valence-corrected chi connectivity index (χ4v) is 3.49. The van der Waals surface area contributed by atoms with Crippen molar-refractivity contribution < 1.29 is 18.3 Å². The third-order valence-electron chi connectivity index (χ3n) is 2.74. The van der Waals surface area contributed by atoms with Crippen molar-refractivity contribution in [3.8, 4) is 0 Å². The molecule has 0 aliphatic carbocycles. The highest BCUT2D eigenvalue weighted by Crippen LogP contribution is 2.23. The summed E-state index contributed by atoms with van der Waals surface area (Å²) in [5.74, 6) is 0. The molecule has 0 amide bonds. The molecule has 0 spiro atoms. The molecule has 1 aromatic carbocycles. The molecule has 0 saturated heterocycles. The number of hydrogen-bond acceptors (Lipinski definition) is 5. The van der Waals surface area contributed by atoms with Crippen LogP contribution in [0.1, 0.15) is 5.56 Å². The first kappa shape index (κ1) is 18.3. The lowest BCUT2D eigenvalue weighted by Gasteiger charge is -2.20. The summed E-state index contributed by atoms with van der Waals surface area (Å²) in [7, 11) is -0.981. The number of benzene rings is 1. The van der Waals surface area contributed by atoms with Crippen LogP contribution in [0.15, 0.2) is 23.1 Å². The van der Waals surface area contributed by atoms with E-state index in [2.05, 4.69) is 0 Å². The number of nitrogens with two attached hydrogens (primary N) is 1. The van der Waals surface area contributed by atoms with Gasteiger partial charge in [0.25, 0.3) is 0 Å². The highest BCUT2D eigenvalue weighted by atomic mass is 35.5. The number of likely N-dealkylation sites (N-methyl/N-ethyl adjacent to an activating group) is 1. The van der Waals surface area contributed by atoms with Gasteiger partial charge in [0, 0.05) is 26.3 Å². The standard InChI is InChI=1S/C12H17ClN2O4S2/c1-15(6-8(16)7-19-2)21(17,18)9-3-4-10(12(14)20)11(13)5-9/h3-5,8,16H,6-7H2,1-2H3,(H2,14,20). The molecule has 6 nitrogen and oxygen atoms in total. The molecule has 0 heterocycles. The van der Waals surface area contributed by atoms with E-state index in [1.165, 1.54) is 32.4 Å². The van der Waals surface area contributed by atoms with Gasteiger partial charge in [-0.15, -0.1) is 0 Å². The molecular weight excluding hydrogens is 336 g/mol. The monoisotopic (exact) mass is 352 g/mol. The Bertz CT molecular complexity index is 622. The van der Waals surface area contributed by atoms with Crippen molar-refractivity contribution >= 4 is 38.8 Å². The zero-order chi connectivity index (χ0) is 16.2. The third-order valence-corrected chi connectivity index (χ3v) is 5.09. The van der Waals surface area contributed by atoms with Crippen LogP contribution in [0.25, 0.3) is 0 Å². The van der Waals surface area contributed by atoms with Gasteiger partial charge in [0.2, 0.25) is 10.0 Å². The lowest BCUT2D eigenvalue weighted by molar-refractivity contribution is 0.0554. The molecule has 3 N–H and O–H groups in total. The van der Waals surface area contributed by atoms with Crippen molar-refractivity contribution in [2.75, 3.05) is 27.3 Å². The average molecular weight is 353 g/mol. The molecule has 1 rings (SSSR count). The smallest absolute Gasteiger partial charge is 0.242 e. The van der Waals surface area contributed by atoms with E-state index in [1.807, 2.05) is 0 Å². The molecule has 1 aromatic rings. The van der Waals surface area contributed by atoms with E-state index < -0.39 is 16.1 Å². The Morgan fingerprint density at radius 3 is 2.67 bits per heavy atom. The van der Waals surface area contributed by atoms with E-state index in [0.717, 1.165) is 4.31 Å². The van der Waals surface area contributed by atoms with Crippen molar-refractivity contribution in [2.24, 2.45) is 5.73 Å². The minimum absolute atomic E-state index is 0.000355. The van der Waals surface area contributed by atoms with Crippen LogP contribution >= 0.6 is 23.8 Å². The van der Waals surface area contributed by atoms with Crippen molar-refractivity contribution in [3.05, 3.63) is 28.8 Å².